The molecule has 0 radical (unpaired) electrons. The van der Waals surface area contributed by atoms with Crippen LogP contribution in [0.25, 0.3) is 0 Å². The molecular weight excluding hydrogens is 709 g/mol. The van der Waals surface area contributed by atoms with E-state index in [-0.39, 0.29) is 6.42 Å². The number of anilines is 4. The van der Waals surface area contributed by atoms with Gasteiger partial charge in [-0.2, -0.15) is 8.42 Å². The maximum Gasteiger partial charge on any atom is 0.273 e. The number of rotatable bonds is 13. The van der Waals surface area contributed by atoms with Gasteiger partial charge >= 0.3 is 0 Å². The van der Waals surface area contributed by atoms with Gasteiger partial charge in [-0.1, -0.05) is 87.4 Å². The van der Waals surface area contributed by atoms with Crippen LogP contribution in [0.4, 0.5) is 22.7 Å². The molecule has 1 unspecified atom stereocenters. The molecule has 2 aliphatic rings. The van der Waals surface area contributed by atoms with Crippen molar-refractivity contribution < 1.29 is 22.4 Å². The Morgan fingerprint density at radius 1 is 0.636 bits per heavy atom. The Morgan fingerprint density at radius 3 is 1.62 bits per heavy atom. The van der Waals surface area contributed by atoms with Crippen LogP contribution in [0.2, 0.25) is 0 Å². The summed E-state index contributed by atoms with van der Waals surface area (Å²) in [7, 11) is -4.82. The number of nitrogens with zero attached hydrogens (tertiary/aromatic N) is 4. The van der Waals surface area contributed by atoms with E-state index in [0.29, 0.717) is 63.6 Å². The van der Waals surface area contributed by atoms with Crippen LogP contribution in [0.15, 0.2) is 134 Å². The van der Waals surface area contributed by atoms with Crippen LogP contribution in [0.5, 0.6) is 23.0 Å². The zero-order valence-electron chi connectivity index (χ0n) is 31.0. The van der Waals surface area contributed by atoms with Crippen molar-refractivity contribution in [1.29, 1.82) is 0 Å². The highest BCUT2D eigenvalue weighted by Crippen LogP contribution is 2.61. The summed E-state index contributed by atoms with van der Waals surface area (Å²) < 4.78 is 53.2. The molecule has 8 rings (SSSR count). The summed E-state index contributed by atoms with van der Waals surface area (Å²) in [5, 5.41) is -1.48. The van der Waals surface area contributed by atoms with Gasteiger partial charge in [0.15, 0.2) is 28.7 Å². The lowest BCUT2D eigenvalue weighted by atomic mass is 9.87. The highest BCUT2D eigenvalue weighted by atomic mass is 32.2. The molecule has 0 saturated carbocycles. The fraction of sp³-hybridized carbons (Fsp3) is 0.244. The third kappa shape index (κ3) is 6.70. The summed E-state index contributed by atoms with van der Waals surface area (Å²) in [5.41, 5.74) is 3.82. The van der Waals surface area contributed by atoms with Crippen LogP contribution >= 0.6 is 0 Å². The molecule has 4 heterocycles. The smallest absolute Gasteiger partial charge is 0.273 e. The first-order valence-corrected chi connectivity index (χ1v) is 20.5. The lowest BCUT2D eigenvalue weighted by molar-refractivity contribution is 0.345. The minimum atomic E-state index is -4.82. The normalized spacial score (nSPS) is 13.8. The molecule has 0 bridgehead atoms. The van der Waals surface area contributed by atoms with E-state index in [2.05, 4.69) is 23.6 Å². The number of unbranched alkanes of at least 4 members (excludes halogenated alkanes) is 2. The number of hydrogen-bond donors (Lipinski definition) is 1. The molecule has 10 heteroatoms. The number of aromatic nitrogens is 2. The van der Waals surface area contributed by atoms with Crippen molar-refractivity contribution in [3.05, 3.63) is 156 Å². The maximum absolute atomic E-state index is 14.2. The highest BCUT2D eigenvalue weighted by molar-refractivity contribution is 7.86. The fourth-order valence-electron chi connectivity index (χ4n) is 7.94. The van der Waals surface area contributed by atoms with Crippen LogP contribution in [0.1, 0.15) is 73.8 Å². The van der Waals surface area contributed by atoms with E-state index in [0.717, 1.165) is 43.4 Å². The predicted molar refractivity (Wildman–Crippen MR) is 216 cm³/mol. The summed E-state index contributed by atoms with van der Waals surface area (Å²) in [6.45, 7) is 4.25. The number of hydrogen-bond acceptors (Lipinski definition) is 8. The SMILES string of the molecule is CCCCc1cccc(C(CC(c2ncccc2CCCC)S(=O)(=O)O)(N2c3ccccc3Oc3ccccc32)N2c3ccccc3Oc3ccccc32)n1. The largest absolute Gasteiger partial charge is 0.453 e. The quantitative estimate of drug-likeness (QED) is 0.115. The van der Waals surface area contributed by atoms with Crippen molar-refractivity contribution in [3.63, 3.8) is 0 Å². The number of benzene rings is 4. The van der Waals surface area contributed by atoms with Crippen LogP contribution in [-0.2, 0) is 28.6 Å². The Labute approximate surface area is 323 Å². The molecule has 2 aromatic heterocycles. The van der Waals surface area contributed by atoms with Crippen molar-refractivity contribution in [2.75, 3.05) is 9.80 Å². The van der Waals surface area contributed by atoms with E-state index in [1.165, 1.54) is 0 Å². The standard InChI is InChI=1S/C45H44N4O5S/c1-3-5-17-32-18-16-30-46-44(32)42(55(50,51)52)31-45(43-29-15-20-33(47-43)19-6-4-2,48-34-21-7-11-25-38(34)53-39-26-12-8-22-35(39)48)49-36-23-9-13-27-40(36)54-41-28-14-10-24-37(41)49/h7-16,18,20-30,42H,3-6,17,19,31H2,1-2H3,(H,50,51,52). The Hall–Kier alpha value is -5.71. The number of pyridine rings is 2. The first-order valence-electron chi connectivity index (χ1n) is 19.0. The van der Waals surface area contributed by atoms with Gasteiger partial charge in [-0.15, -0.1) is 0 Å². The van der Waals surface area contributed by atoms with E-state index < -0.39 is 21.0 Å². The van der Waals surface area contributed by atoms with Gasteiger partial charge in [-0.3, -0.25) is 14.5 Å². The van der Waals surface area contributed by atoms with Crippen molar-refractivity contribution in [2.24, 2.45) is 0 Å². The van der Waals surface area contributed by atoms with Crippen molar-refractivity contribution in [1.82, 2.24) is 9.97 Å². The molecular formula is C45H44N4O5S. The highest BCUT2D eigenvalue weighted by Gasteiger charge is 2.55. The molecule has 9 nitrogen and oxygen atoms in total. The van der Waals surface area contributed by atoms with E-state index in [1.807, 2.05) is 127 Å². The zero-order valence-corrected chi connectivity index (χ0v) is 31.8. The minimum absolute atomic E-state index is 0.197. The average molecular weight is 753 g/mol. The first kappa shape index (κ1) is 36.3. The van der Waals surface area contributed by atoms with E-state index >= 15 is 0 Å². The minimum Gasteiger partial charge on any atom is -0.453 e. The number of para-hydroxylation sites is 8. The van der Waals surface area contributed by atoms with E-state index in [1.54, 1.807) is 6.20 Å². The van der Waals surface area contributed by atoms with Crippen LogP contribution in [0.3, 0.4) is 0 Å². The fourth-order valence-corrected chi connectivity index (χ4v) is 8.88. The van der Waals surface area contributed by atoms with E-state index in [9.17, 15) is 13.0 Å². The van der Waals surface area contributed by atoms with Crippen LogP contribution < -0.4 is 19.3 Å². The number of aryl methyl sites for hydroxylation is 2. The molecule has 0 aliphatic carbocycles. The lowest BCUT2D eigenvalue weighted by Gasteiger charge is -2.55. The first-order chi connectivity index (χ1) is 26.8. The lowest BCUT2D eigenvalue weighted by Crippen LogP contribution is -2.58. The third-order valence-corrected chi connectivity index (χ3v) is 11.6. The molecule has 0 amide bonds. The molecule has 55 heavy (non-hydrogen) atoms. The van der Waals surface area contributed by atoms with Gasteiger partial charge in [0.2, 0.25) is 0 Å². The second-order valence-electron chi connectivity index (χ2n) is 14.0. The average Bonchev–Trinajstić information content (AvgIpc) is 3.21. The van der Waals surface area contributed by atoms with Gasteiger partial charge in [0.1, 0.15) is 5.25 Å². The van der Waals surface area contributed by atoms with Gasteiger partial charge in [-0.25, -0.2) is 0 Å². The molecule has 1 atom stereocenters. The Balaban J connectivity index is 1.54. The zero-order chi connectivity index (χ0) is 38.0. The second kappa shape index (κ2) is 15.2. The monoisotopic (exact) mass is 752 g/mol. The van der Waals surface area contributed by atoms with Gasteiger partial charge in [0.25, 0.3) is 10.1 Å². The molecule has 6 aromatic rings. The Morgan fingerprint density at radius 2 is 1.13 bits per heavy atom. The van der Waals surface area contributed by atoms with Gasteiger partial charge in [-0.05, 0) is 98.0 Å². The Bertz CT molecular complexity index is 2250. The van der Waals surface area contributed by atoms with Gasteiger partial charge < -0.3 is 19.3 Å². The predicted octanol–water partition coefficient (Wildman–Crippen LogP) is 11.2. The van der Waals surface area contributed by atoms with Gasteiger partial charge in [0, 0.05) is 18.3 Å². The molecule has 4 aromatic carbocycles. The Kier molecular flexibility index (Phi) is 10.0. The topological polar surface area (TPSA) is 105 Å². The second-order valence-corrected chi connectivity index (χ2v) is 15.6. The van der Waals surface area contributed by atoms with Crippen molar-refractivity contribution >= 4 is 32.9 Å². The summed E-state index contributed by atoms with van der Waals surface area (Å²) in [6.07, 6.45) is 6.40. The van der Waals surface area contributed by atoms with E-state index in [4.69, 9.17) is 19.4 Å². The van der Waals surface area contributed by atoms with Gasteiger partial charge in [0.05, 0.1) is 34.1 Å². The maximum atomic E-state index is 14.2. The third-order valence-electron chi connectivity index (χ3n) is 10.5. The number of fused-ring (bicyclic) bond motifs is 4. The molecule has 0 spiro atoms. The molecule has 2 aliphatic heterocycles. The summed E-state index contributed by atoms with van der Waals surface area (Å²) >= 11 is 0. The van der Waals surface area contributed by atoms with Crippen molar-refractivity contribution in [3.8, 4) is 23.0 Å². The van der Waals surface area contributed by atoms with Crippen LogP contribution in [-0.4, -0.2) is 22.9 Å². The summed E-state index contributed by atoms with van der Waals surface area (Å²) in [5.74, 6) is 2.36. The molecule has 1 N–H and O–H groups in total. The molecule has 0 saturated heterocycles. The summed E-state index contributed by atoms with van der Waals surface area (Å²) in [6, 6.07) is 40.8. The van der Waals surface area contributed by atoms with Crippen LogP contribution in [0, 0.1) is 0 Å². The number of ether oxygens (including phenoxy) is 2. The molecule has 0 fully saturated rings. The van der Waals surface area contributed by atoms with Crippen molar-refractivity contribution in [2.45, 2.75) is 69.7 Å². The molecule has 280 valence electrons. The summed E-state index contributed by atoms with van der Waals surface area (Å²) in [4.78, 5) is 14.5.